The molecule has 0 bridgehead atoms. The van der Waals surface area contributed by atoms with Crippen molar-refractivity contribution in [1.29, 1.82) is 0 Å². The fourth-order valence-corrected chi connectivity index (χ4v) is 2.95. The van der Waals surface area contributed by atoms with Crippen LogP contribution in [-0.2, 0) is 0 Å². The van der Waals surface area contributed by atoms with Gasteiger partial charge in [0.15, 0.2) is 5.75 Å². The van der Waals surface area contributed by atoms with E-state index in [-0.39, 0.29) is 5.82 Å². The number of nitrogens with two attached hydrogens (primary N) is 1. The maximum atomic E-state index is 13.5. The number of halogens is 2. The highest BCUT2D eigenvalue weighted by atomic mass is 79.9. The van der Waals surface area contributed by atoms with Crippen LogP contribution in [0.5, 0.6) is 11.5 Å². The molecule has 0 unspecified atom stereocenters. The Morgan fingerprint density at radius 3 is 2.85 bits per heavy atom. The molecule has 0 saturated heterocycles. The quantitative estimate of drug-likeness (QED) is 0.668. The van der Waals surface area contributed by atoms with Crippen molar-refractivity contribution in [1.82, 2.24) is 4.98 Å². The fraction of sp³-hybridized carbons (Fsp3) is 0.0714. The van der Waals surface area contributed by atoms with Crippen LogP contribution in [0.3, 0.4) is 0 Å². The molecule has 0 aliphatic carbocycles. The number of nitrogen functional groups attached to an aromatic ring is 1. The Balaban J connectivity index is 2.00. The number of aromatic nitrogens is 1. The zero-order valence-electron chi connectivity index (χ0n) is 10.5. The number of ether oxygens (including phenoxy) is 1. The Morgan fingerprint density at radius 1 is 1.30 bits per heavy atom. The van der Waals surface area contributed by atoms with Crippen molar-refractivity contribution < 1.29 is 9.13 Å². The van der Waals surface area contributed by atoms with Crippen molar-refractivity contribution in [3.63, 3.8) is 0 Å². The van der Waals surface area contributed by atoms with Crippen LogP contribution in [0.1, 0.15) is 5.01 Å². The van der Waals surface area contributed by atoms with Gasteiger partial charge >= 0.3 is 0 Å². The molecule has 3 rings (SSSR count). The van der Waals surface area contributed by atoms with Gasteiger partial charge in [-0.05, 0) is 41.1 Å². The normalized spacial score (nSPS) is 10.9. The van der Waals surface area contributed by atoms with E-state index in [2.05, 4.69) is 20.9 Å². The molecule has 102 valence electrons. The van der Waals surface area contributed by atoms with Crippen LogP contribution >= 0.6 is 27.3 Å². The Bertz CT molecular complexity index is 803. The maximum Gasteiger partial charge on any atom is 0.152 e. The third-order valence-corrected chi connectivity index (χ3v) is 4.32. The first-order valence-electron chi connectivity index (χ1n) is 5.82. The summed E-state index contributed by atoms with van der Waals surface area (Å²) >= 11 is 4.67. The number of aryl methyl sites for hydroxylation is 1. The number of hydrogen-bond donors (Lipinski definition) is 1. The molecule has 1 aromatic heterocycles. The molecular formula is C14H10BrFN2OS. The molecule has 0 radical (unpaired) electrons. The molecule has 1 heterocycles. The van der Waals surface area contributed by atoms with Gasteiger partial charge in [0.2, 0.25) is 0 Å². The second kappa shape index (κ2) is 5.03. The number of benzene rings is 2. The number of thiazole rings is 1. The SMILES string of the molecule is Cc1nc2cc(Oc3ccc(Br)c(F)c3)c(N)cc2s1. The summed E-state index contributed by atoms with van der Waals surface area (Å²) in [6.45, 7) is 1.94. The monoisotopic (exact) mass is 352 g/mol. The van der Waals surface area contributed by atoms with Crippen molar-refractivity contribution in [3.8, 4) is 11.5 Å². The number of anilines is 1. The summed E-state index contributed by atoms with van der Waals surface area (Å²) in [4.78, 5) is 4.39. The lowest BCUT2D eigenvalue weighted by atomic mass is 10.2. The van der Waals surface area contributed by atoms with E-state index >= 15 is 0 Å². The highest BCUT2D eigenvalue weighted by molar-refractivity contribution is 9.10. The summed E-state index contributed by atoms with van der Waals surface area (Å²) in [5.41, 5.74) is 7.29. The van der Waals surface area contributed by atoms with Gasteiger partial charge in [0.1, 0.15) is 11.6 Å². The second-order valence-electron chi connectivity index (χ2n) is 4.27. The van der Waals surface area contributed by atoms with Crippen molar-refractivity contribution >= 4 is 43.2 Å². The summed E-state index contributed by atoms with van der Waals surface area (Å²) in [5, 5.41) is 0.964. The van der Waals surface area contributed by atoms with E-state index < -0.39 is 0 Å². The fourth-order valence-electron chi connectivity index (χ4n) is 1.84. The smallest absolute Gasteiger partial charge is 0.152 e. The van der Waals surface area contributed by atoms with Crippen LogP contribution in [0.25, 0.3) is 10.2 Å². The van der Waals surface area contributed by atoms with E-state index in [9.17, 15) is 4.39 Å². The number of rotatable bonds is 2. The molecule has 2 aromatic carbocycles. The predicted molar refractivity (Wildman–Crippen MR) is 82.9 cm³/mol. The van der Waals surface area contributed by atoms with Crippen molar-refractivity contribution in [2.75, 3.05) is 5.73 Å². The van der Waals surface area contributed by atoms with E-state index in [1.807, 2.05) is 13.0 Å². The Kier molecular flexibility index (Phi) is 3.35. The molecule has 3 nitrogen and oxygen atoms in total. The molecule has 0 aliphatic heterocycles. The lowest BCUT2D eigenvalue weighted by molar-refractivity contribution is 0.479. The van der Waals surface area contributed by atoms with Crippen molar-refractivity contribution in [2.45, 2.75) is 6.92 Å². The zero-order chi connectivity index (χ0) is 14.3. The van der Waals surface area contributed by atoms with Crippen LogP contribution < -0.4 is 10.5 Å². The highest BCUT2D eigenvalue weighted by Crippen LogP contribution is 2.34. The third-order valence-electron chi connectivity index (χ3n) is 2.75. The average Bonchev–Trinajstić information content (AvgIpc) is 2.73. The Morgan fingerprint density at radius 2 is 2.10 bits per heavy atom. The van der Waals surface area contributed by atoms with Gasteiger partial charge in [0.05, 0.1) is 25.4 Å². The molecule has 0 saturated carbocycles. The molecule has 0 fully saturated rings. The Labute approximate surface area is 127 Å². The zero-order valence-corrected chi connectivity index (χ0v) is 12.9. The molecule has 20 heavy (non-hydrogen) atoms. The molecule has 6 heteroatoms. The van der Waals surface area contributed by atoms with Crippen LogP contribution in [0, 0.1) is 12.7 Å². The molecule has 0 aliphatic rings. The van der Waals surface area contributed by atoms with Crippen LogP contribution in [0.2, 0.25) is 0 Å². The van der Waals surface area contributed by atoms with E-state index in [1.165, 1.54) is 6.07 Å². The largest absolute Gasteiger partial charge is 0.455 e. The average molecular weight is 353 g/mol. The van der Waals surface area contributed by atoms with Gasteiger partial charge in [-0.2, -0.15) is 0 Å². The molecule has 0 amide bonds. The molecule has 3 aromatic rings. The molecule has 2 N–H and O–H groups in total. The van der Waals surface area contributed by atoms with E-state index in [0.29, 0.717) is 21.7 Å². The first kappa shape index (κ1) is 13.3. The van der Waals surface area contributed by atoms with E-state index in [1.54, 1.807) is 29.5 Å². The van der Waals surface area contributed by atoms with Crippen molar-refractivity contribution in [2.24, 2.45) is 0 Å². The minimum atomic E-state index is -0.383. The summed E-state index contributed by atoms with van der Waals surface area (Å²) in [6, 6.07) is 8.16. The van der Waals surface area contributed by atoms with Crippen LogP contribution in [-0.4, -0.2) is 4.98 Å². The molecule has 0 atom stereocenters. The Hall–Kier alpha value is -1.66. The van der Waals surface area contributed by atoms with Gasteiger partial charge in [-0.25, -0.2) is 9.37 Å². The highest BCUT2D eigenvalue weighted by Gasteiger charge is 2.09. The molecule has 0 spiro atoms. The maximum absolute atomic E-state index is 13.5. The van der Waals surface area contributed by atoms with Crippen LogP contribution in [0.15, 0.2) is 34.8 Å². The number of fused-ring (bicyclic) bond motifs is 1. The van der Waals surface area contributed by atoms with Gasteiger partial charge < -0.3 is 10.5 Å². The minimum absolute atomic E-state index is 0.383. The van der Waals surface area contributed by atoms with Crippen molar-refractivity contribution in [3.05, 3.63) is 45.6 Å². The first-order chi connectivity index (χ1) is 9.52. The topological polar surface area (TPSA) is 48.1 Å². The standard InChI is InChI=1S/C14H10BrFN2OS/c1-7-18-12-6-13(11(17)5-14(12)20-7)19-8-2-3-9(15)10(16)4-8/h2-6H,17H2,1H3. The van der Waals surface area contributed by atoms with E-state index in [0.717, 1.165) is 15.2 Å². The second-order valence-corrected chi connectivity index (χ2v) is 6.36. The van der Waals surface area contributed by atoms with E-state index in [4.69, 9.17) is 10.5 Å². The summed E-state index contributed by atoms with van der Waals surface area (Å²) in [6.07, 6.45) is 0. The lowest BCUT2D eigenvalue weighted by Crippen LogP contribution is -1.92. The third kappa shape index (κ3) is 2.48. The van der Waals surface area contributed by atoms with Gasteiger partial charge in [-0.15, -0.1) is 11.3 Å². The molecular weight excluding hydrogens is 343 g/mol. The summed E-state index contributed by atoms with van der Waals surface area (Å²) in [5.74, 6) is 0.486. The first-order valence-corrected chi connectivity index (χ1v) is 7.43. The predicted octanol–water partition coefficient (Wildman–Crippen LogP) is 4.88. The van der Waals surface area contributed by atoms with Gasteiger partial charge in [0, 0.05) is 12.1 Å². The summed E-state index contributed by atoms with van der Waals surface area (Å²) in [7, 11) is 0. The van der Waals surface area contributed by atoms with Gasteiger partial charge in [-0.1, -0.05) is 0 Å². The van der Waals surface area contributed by atoms with Crippen LogP contribution in [0.4, 0.5) is 10.1 Å². The number of hydrogen-bond acceptors (Lipinski definition) is 4. The van der Waals surface area contributed by atoms with Gasteiger partial charge in [-0.3, -0.25) is 0 Å². The number of nitrogens with zero attached hydrogens (tertiary/aromatic N) is 1. The lowest BCUT2D eigenvalue weighted by Gasteiger charge is -2.09. The minimum Gasteiger partial charge on any atom is -0.455 e. The van der Waals surface area contributed by atoms with Gasteiger partial charge in [0.25, 0.3) is 0 Å². The summed E-state index contributed by atoms with van der Waals surface area (Å²) < 4.78 is 20.5.